The molecule has 0 spiro atoms. The van der Waals surface area contributed by atoms with Crippen molar-refractivity contribution in [3.8, 4) is 5.75 Å². The van der Waals surface area contributed by atoms with Gasteiger partial charge in [0, 0.05) is 31.9 Å². The summed E-state index contributed by atoms with van der Waals surface area (Å²) < 4.78 is 11.0. The summed E-state index contributed by atoms with van der Waals surface area (Å²) in [6.07, 6.45) is 2.36. The normalized spacial score (nSPS) is 20.8. The van der Waals surface area contributed by atoms with Gasteiger partial charge in [-0.15, -0.1) is 0 Å². The van der Waals surface area contributed by atoms with Crippen molar-refractivity contribution >= 4 is 5.69 Å². The molecule has 1 aromatic carbocycles. The van der Waals surface area contributed by atoms with Gasteiger partial charge in [-0.2, -0.15) is 0 Å². The third-order valence-corrected chi connectivity index (χ3v) is 3.71. The van der Waals surface area contributed by atoms with E-state index < -0.39 is 0 Å². The Morgan fingerprint density at radius 1 is 1.45 bits per heavy atom. The van der Waals surface area contributed by atoms with E-state index in [1.54, 1.807) is 7.11 Å². The fraction of sp³-hybridized carbons (Fsp3) is 0.625. The quantitative estimate of drug-likeness (QED) is 0.898. The van der Waals surface area contributed by atoms with Crippen LogP contribution in [0.1, 0.15) is 25.3 Å². The van der Waals surface area contributed by atoms with Gasteiger partial charge >= 0.3 is 0 Å². The lowest BCUT2D eigenvalue weighted by Crippen LogP contribution is -2.42. The summed E-state index contributed by atoms with van der Waals surface area (Å²) in [6, 6.07) is 6.66. The summed E-state index contributed by atoms with van der Waals surface area (Å²) in [5, 5.41) is 0. The summed E-state index contributed by atoms with van der Waals surface area (Å²) in [6.45, 7) is 6.73. The highest BCUT2D eigenvalue weighted by Crippen LogP contribution is 2.27. The highest BCUT2D eigenvalue weighted by atomic mass is 16.5. The highest BCUT2D eigenvalue weighted by molar-refractivity contribution is 5.53. The van der Waals surface area contributed by atoms with Crippen LogP contribution in [0.4, 0.5) is 5.69 Å². The maximum Gasteiger partial charge on any atom is 0.122 e. The Morgan fingerprint density at radius 2 is 2.25 bits per heavy atom. The van der Waals surface area contributed by atoms with Gasteiger partial charge in [-0.25, -0.2) is 0 Å². The van der Waals surface area contributed by atoms with Gasteiger partial charge in [-0.05, 0) is 50.5 Å². The average molecular weight is 278 g/mol. The molecule has 0 aromatic heterocycles. The molecular formula is C16H26N2O2. The first kappa shape index (κ1) is 15.1. The Kier molecular flexibility index (Phi) is 5.26. The molecule has 20 heavy (non-hydrogen) atoms. The third kappa shape index (κ3) is 3.87. The van der Waals surface area contributed by atoms with Crippen LogP contribution in [0.3, 0.4) is 0 Å². The van der Waals surface area contributed by atoms with E-state index in [4.69, 9.17) is 15.2 Å². The Labute approximate surface area is 121 Å². The maximum atomic E-state index is 6.05. The van der Waals surface area contributed by atoms with Crippen LogP contribution in [0.15, 0.2) is 18.2 Å². The highest BCUT2D eigenvalue weighted by Gasteiger charge is 2.17. The number of anilines is 1. The van der Waals surface area contributed by atoms with Crippen LogP contribution < -0.4 is 15.4 Å². The number of hydrogen-bond acceptors (Lipinski definition) is 4. The average Bonchev–Trinajstić information content (AvgIpc) is 2.41. The van der Waals surface area contributed by atoms with Gasteiger partial charge in [-0.1, -0.05) is 0 Å². The Balaban J connectivity index is 2.05. The molecule has 1 aromatic rings. The first-order chi connectivity index (χ1) is 9.60. The molecule has 4 heteroatoms. The number of methoxy groups -OCH3 is 1. The number of ether oxygens (including phenoxy) is 2. The van der Waals surface area contributed by atoms with Crippen molar-refractivity contribution in [2.45, 2.75) is 38.8 Å². The number of nitrogens with zero attached hydrogens (tertiary/aromatic N) is 1. The minimum absolute atomic E-state index is 0.0629. The van der Waals surface area contributed by atoms with Crippen LogP contribution in [0, 0.1) is 6.92 Å². The molecule has 0 aliphatic carbocycles. The number of aryl methyl sites for hydroxylation is 1. The molecule has 112 valence electrons. The molecule has 4 nitrogen and oxygen atoms in total. The predicted molar refractivity (Wildman–Crippen MR) is 82.6 cm³/mol. The van der Waals surface area contributed by atoms with Gasteiger partial charge in [0.2, 0.25) is 0 Å². The standard InChI is InChI=1S/C16H26N2O2/c1-12-9-15(18-8-4-5-14(17)10-18)6-7-16(12)20-13(2)11-19-3/h6-7,9,13-14H,4-5,8,10-11,17H2,1-3H3. The van der Waals surface area contributed by atoms with Crippen LogP contribution in [-0.4, -0.2) is 39.0 Å². The lowest BCUT2D eigenvalue weighted by atomic mass is 10.1. The largest absolute Gasteiger partial charge is 0.488 e. The van der Waals surface area contributed by atoms with Gasteiger partial charge in [0.25, 0.3) is 0 Å². The SMILES string of the molecule is COCC(C)Oc1ccc(N2CCCC(N)C2)cc1C. The third-order valence-electron chi connectivity index (χ3n) is 3.71. The lowest BCUT2D eigenvalue weighted by molar-refractivity contribution is 0.0916. The summed E-state index contributed by atoms with van der Waals surface area (Å²) in [4.78, 5) is 2.36. The van der Waals surface area contributed by atoms with Crippen molar-refractivity contribution in [3.63, 3.8) is 0 Å². The first-order valence-corrected chi connectivity index (χ1v) is 7.37. The monoisotopic (exact) mass is 278 g/mol. The van der Waals surface area contributed by atoms with E-state index in [-0.39, 0.29) is 6.10 Å². The van der Waals surface area contributed by atoms with Crippen molar-refractivity contribution in [3.05, 3.63) is 23.8 Å². The molecule has 0 saturated carbocycles. The molecule has 1 aliphatic rings. The van der Waals surface area contributed by atoms with Crippen molar-refractivity contribution in [2.75, 3.05) is 31.7 Å². The molecule has 2 N–H and O–H groups in total. The lowest BCUT2D eigenvalue weighted by Gasteiger charge is -2.33. The first-order valence-electron chi connectivity index (χ1n) is 7.37. The minimum atomic E-state index is 0.0629. The Bertz CT molecular complexity index is 436. The van der Waals surface area contributed by atoms with E-state index in [1.807, 2.05) is 6.92 Å². The van der Waals surface area contributed by atoms with Crippen LogP contribution in [-0.2, 0) is 4.74 Å². The number of benzene rings is 1. The Hall–Kier alpha value is -1.26. The maximum absolute atomic E-state index is 6.05. The van der Waals surface area contributed by atoms with Crippen LogP contribution in [0.2, 0.25) is 0 Å². The molecule has 1 fully saturated rings. The number of nitrogens with two attached hydrogens (primary N) is 1. The molecule has 0 bridgehead atoms. The van der Waals surface area contributed by atoms with E-state index >= 15 is 0 Å². The fourth-order valence-corrected chi connectivity index (χ4v) is 2.69. The van der Waals surface area contributed by atoms with Crippen LogP contribution in [0.25, 0.3) is 0 Å². The van der Waals surface area contributed by atoms with E-state index in [1.165, 1.54) is 12.1 Å². The fourth-order valence-electron chi connectivity index (χ4n) is 2.69. The van der Waals surface area contributed by atoms with Crippen molar-refractivity contribution in [1.82, 2.24) is 0 Å². The van der Waals surface area contributed by atoms with Crippen molar-refractivity contribution < 1.29 is 9.47 Å². The van der Waals surface area contributed by atoms with Gasteiger partial charge < -0.3 is 20.1 Å². The molecule has 1 heterocycles. The van der Waals surface area contributed by atoms with Crippen molar-refractivity contribution in [1.29, 1.82) is 0 Å². The minimum Gasteiger partial charge on any atom is -0.488 e. The van der Waals surface area contributed by atoms with Gasteiger partial charge in [0.05, 0.1) is 6.61 Å². The van der Waals surface area contributed by atoms with E-state index in [0.717, 1.165) is 30.8 Å². The topological polar surface area (TPSA) is 47.7 Å². The number of rotatable bonds is 5. The second-order valence-electron chi connectivity index (χ2n) is 5.68. The smallest absolute Gasteiger partial charge is 0.122 e. The molecule has 0 amide bonds. The van der Waals surface area contributed by atoms with Crippen LogP contribution in [0.5, 0.6) is 5.75 Å². The molecule has 2 rings (SSSR count). The zero-order valence-corrected chi connectivity index (χ0v) is 12.8. The number of piperidine rings is 1. The van der Waals surface area contributed by atoms with E-state index in [2.05, 4.69) is 30.0 Å². The van der Waals surface area contributed by atoms with E-state index in [9.17, 15) is 0 Å². The zero-order valence-electron chi connectivity index (χ0n) is 12.8. The zero-order chi connectivity index (χ0) is 14.5. The molecule has 2 unspecified atom stereocenters. The van der Waals surface area contributed by atoms with Gasteiger partial charge in [0.1, 0.15) is 11.9 Å². The summed E-state index contributed by atoms with van der Waals surface area (Å²) in [7, 11) is 1.69. The molecule has 1 saturated heterocycles. The summed E-state index contributed by atoms with van der Waals surface area (Å²) >= 11 is 0. The molecular weight excluding hydrogens is 252 g/mol. The molecule has 2 atom stereocenters. The van der Waals surface area contributed by atoms with Gasteiger partial charge in [-0.3, -0.25) is 0 Å². The second-order valence-corrected chi connectivity index (χ2v) is 5.68. The molecule has 0 radical (unpaired) electrons. The van der Waals surface area contributed by atoms with E-state index in [0.29, 0.717) is 12.6 Å². The van der Waals surface area contributed by atoms with Crippen LogP contribution >= 0.6 is 0 Å². The number of hydrogen-bond donors (Lipinski definition) is 1. The summed E-state index contributed by atoms with van der Waals surface area (Å²) in [5.41, 5.74) is 8.45. The van der Waals surface area contributed by atoms with Gasteiger partial charge in [0.15, 0.2) is 0 Å². The predicted octanol–water partition coefficient (Wildman–Crippen LogP) is 2.34. The molecule has 1 aliphatic heterocycles. The van der Waals surface area contributed by atoms with Crippen molar-refractivity contribution in [2.24, 2.45) is 5.73 Å². The Morgan fingerprint density at radius 3 is 2.90 bits per heavy atom. The second kappa shape index (κ2) is 6.95. The summed E-state index contributed by atoms with van der Waals surface area (Å²) in [5.74, 6) is 0.930.